The summed E-state index contributed by atoms with van der Waals surface area (Å²) in [5.74, 6) is -0.267. The van der Waals surface area contributed by atoms with Gasteiger partial charge in [-0.3, -0.25) is 14.4 Å². The molecular formula is C19H25ClN2O5. The number of benzene rings is 1. The molecule has 0 aliphatic carbocycles. The minimum Gasteiger partial charge on any atom is -0.496 e. The summed E-state index contributed by atoms with van der Waals surface area (Å²) in [6, 6.07) is 4.93. The number of carbonyl (C=O) groups excluding carboxylic acids is 3. The fourth-order valence-electron chi connectivity index (χ4n) is 3.03. The number of piperidine rings is 1. The van der Waals surface area contributed by atoms with Crippen molar-refractivity contribution in [3.63, 3.8) is 0 Å². The van der Waals surface area contributed by atoms with E-state index in [1.807, 2.05) is 0 Å². The van der Waals surface area contributed by atoms with E-state index in [0.29, 0.717) is 48.9 Å². The number of likely N-dealkylation sites (tertiary alicyclic amines) is 1. The summed E-state index contributed by atoms with van der Waals surface area (Å²) < 4.78 is 10.1. The average Bonchev–Trinajstić information content (AvgIpc) is 2.67. The molecule has 1 aliphatic rings. The zero-order valence-corrected chi connectivity index (χ0v) is 16.4. The first kappa shape index (κ1) is 21.0. The molecule has 7 nitrogen and oxygen atoms in total. The minimum absolute atomic E-state index is 0.0910. The van der Waals surface area contributed by atoms with Crippen LogP contribution in [0, 0.1) is 5.92 Å². The van der Waals surface area contributed by atoms with Crippen molar-refractivity contribution in [2.75, 3.05) is 33.4 Å². The number of methoxy groups -OCH3 is 1. The number of nitrogens with one attached hydrogen (secondary N) is 1. The largest absolute Gasteiger partial charge is 0.496 e. The molecule has 1 heterocycles. The van der Waals surface area contributed by atoms with E-state index in [4.69, 9.17) is 21.1 Å². The molecule has 27 heavy (non-hydrogen) atoms. The van der Waals surface area contributed by atoms with Gasteiger partial charge in [-0.25, -0.2) is 0 Å². The van der Waals surface area contributed by atoms with Crippen molar-refractivity contribution in [1.29, 1.82) is 0 Å². The Hall–Kier alpha value is -2.28. The lowest BCUT2D eigenvalue weighted by Crippen LogP contribution is -2.43. The first-order chi connectivity index (χ1) is 13.0. The Kier molecular flexibility index (Phi) is 7.91. The van der Waals surface area contributed by atoms with Gasteiger partial charge < -0.3 is 19.7 Å². The Morgan fingerprint density at radius 3 is 2.59 bits per heavy atom. The van der Waals surface area contributed by atoms with Crippen LogP contribution in [0.5, 0.6) is 5.75 Å². The molecule has 1 aliphatic heterocycles. The van der Waals surface area contributed by atoms with Crippen molar-refractivity contribution in [1.82, 2.24) is 10.2 Å². The van der Waals surface area contributed by atoms with Gasteiger partial charge in [0, 0.05) is 30.6 Å². The number of carbonyl (C=O) groups is 3. The highest BCUT2D eigenvalue weighted by Crippen LogP contribution is 2.26. The van der Waals surface area contributed by atoms with Gasteiger partial charge in [0.1, 0.15) is 5.75 Å². The Bertz CT molecular complexity index is 687. The van der Waals surface area contributed by atoms with E-state index in [-0.39, 0.29) is 36.7 Å². The van der Waals surface area contributed by atoms with E-state index < -0.39 is 0 Å². The fourth-order valence-corrected chi connectivity index (χ4v) is 3.20. The molecule has 0 aromatic heterocycles. The maximum Gasteiger partial charge on any atom is 0.307 e. The second kappa shape index (κ2) is 10.2. The SMILES string of the molecule is CCOC(=O)CCNC(=O)C1CCN(C(=O)c2cc(Cl)ccc2OC)CC1. The van der Waals surface area contributed by atoms with E-state index in [2.05, 4.69) is 5.32 Å². The maximum absolute atomic E-state index is 12.8. The molecule has 0 bridgehead atoms. The van der Waals surface area contributed by atoms with Crippen LogP contribution in [0.1, 0.15) is 36.5 Å². The van der Waals surface area contributed by atoms with Gasteiger partial charge in [-0.2, -0.15) is 0 Å². The normalized spacial score (nSPS) is 14.6. The van der Waals surface area contributed by atoms with Crippen molar-refractivity contribution >= 4 is 29.4 Å². The number of rotatable bonds is 7. The van der Waals surface area contributed by atoms with Gasteiger partial charge in [-0.15, -0.1) is 0 Å². The molecule has 0 saturated carbocycles. The standard InChI is InChI=1S/C19H25ClN2O5/c1-3-27-17(23)6-9-21-18(24)13-7-10-22(11-8-13)19(25)15-12-14(20)4-5-16(15)26-2/h4-5,12-13H,3,6-11H2,1-2H3,(H,21,24). The second-order valence-corrected chi connectivity index (χ2v) is 6.69. The molecule has 1 N–H and O–H groups in total. The molecule has 148 valence electrons. The van der Waals surface area contributed by atoms with Gasteiger partial charge in [-0.05, 0) is 38.0 Å². The topological polar surface area (TPSA) is 84.9 Å². The number of halogens is 1. The highest BCUT2D eigenvalue weighted by atomic mass is 35.5. The molecule has 1 aromatic carbocycles. The summed E-state index contributed by atoms with van der Waals surface area (Å²) in [6.07, 6.45) is 1.30. The van der Waals surface area contributed by atoms with E-state index in [1.54, 1.807) is 30.0 Å². The van der Waals surface area contributed by atoms with E-state index in [0.717, 1.165) is 0 Å². The van der Waals surface area contributed by atoms with Gasteiger partial charge in [0.25, 0.3) is 5.91 Å². The number of amides is 2. The summed E-state index contributed by atoms with van der Waals surface area (Å²) in [6.45, 7) is 3.28. The summed E-state index contributed by atoms with van der Waals surface area (Å²) >= 11 is 6.00. The van der Waals surface area contributed by atoms with Crippen LogP contribution in [0.4, 0.5) is 0 Å². The quantitative estimate of drug-likeness (QED) is 0.714. The van der Waals surface area contributed by atoms with E-state index in [1.165, 1.54) is 7.11 Å². The highest BCUT2D eigenvalue weighted by molar-refractivity contribution is 6.31. The molecular weight excluding hydrogens is 372 g/mol. The van der Waals surface area contributed by atoms with Crippen LogP contribution in [0.15, 0.2) is 18.2 Å². The van der Waals surface area contributed by atoms with Crippen LogP contribution in [0.25, 0.3) is 0 Å². The van der Waals surface area contributed by atoms with Gasteiger partial charge in [-0.1, -0.05) is 11.6 Å². The summed E-state index contributed by atoms with van der Waals surface area (Å²) in [4.78, 5) is 38.0. The predicted molar refractivity (Wildman–Crippen MR) is 101 cm³/mol. The first-order valence-corrected chi connectivity index (χ1v) is 9.40. The summed E-state index contributed by atoms with van der Waals surface area (Å²) in [5, 5.41) is 3.23. The van der Waals surface area contributed by atoms with E-state index in [9.17, 15) is 14.4 Å². The number of hydrogen-bond acceptors (Lipinski definition) is 5. The van der Waals surface area contributed by atoms with Crippen LogP contribution < -0.4 is 10.1 Å². The second-order valence-electron chi connectivity index (χ2n) is 6.26. The van der Waals surface area contributed by atoms with Crippen molar-refractivity contribution in [3.8, 4) is 5.75 Å². The third kappa shape index (κ3) is 5.85. The minimum atomic E-state index is -0.325. The predicted octanol–water partition coefficient (Wildman–Crippen LogP) is 2.27. The Labute approximate surface area is 163 Å². The van der Waals surface area contributed by atoms with E-state index >= 15 is 0 Å². The van der Waals surface area contributed by atoms with Crippen LogP contribution >= 0.6 is 11.6 Å². The lowest BCUT2D eigenvalue weighted by Gasteiger charge is -2.31. The van der Waals surface area contributed by atoms with Crippen LogP contribution in [0.3, 0.4) is 0 Å². The number of ether oxygens (including phenoxy) is 2. The highest BCUT2D eigenvalue weighted by Gasteiger charge is 2.29. The molecule has 0 unspecified atom stereocenters. The number of nitrogens with zero attached hydrogens (tertiary/aromatic N) is 1. The average molecular weight is 397 g/mol. The molecule has 0 atom stereocenters. The Morgan fingerprint density at radius 2 is 1.96 bits per heavy atom. The van der Waals surface area contributed by atoms with Gasteiger partial charge in [0.15, 0.2) is 0 Å². The first-order valence-electron chi connectivity index (χ1n) is 9.02. The monoisotopic (exact) mass is 396 g/mol. The molecule has 8 heteroatoms. The van der Waals surface area contributed by atoms with Gasteiger partial charge >= 0.3 is 5.97 Å². The molecule has 0 spiro atoms. The molecule has 2 rings (SSSR count). The van der Waals surface area contributed by atoms with Crippen LogP contribution in [0.2, 0.25) is 5.02 Å². The lowest BCUT2D eigenvalue weighted by atomic mass is 9.95. The maximum atomic E-state index is 12.8. The molecule has 1 aromatic rings. The van der Waals surface area contributed by atoms with Gasteiger partial charge in [0.05, 0.1) is 25.7 Å². The van der Waals surface area contributed by atoms with Crippen molar-refractivity contribution in [3.05, 3.63) is 28.8 Å². The lowest BCUT2D eigenvalue weighted by molar-refractivity contribution is -0.143. The summed E-state index contributed by atoms with van der Waals surface area (Å²) in [7, 11) is 1.51. The van der Waals surface area contributed by atoms with Crippen LogP contribution in [-0.2, 0) is 14.3 Å². The smallest absolute Gasteiger partial charge is 0.307 e. The number of esters is 1. The molecule has 0 radical (unpaired) electrons. The summed E-state index contributed by atoms with van der Waals surface area (Å²) in [5.41, 5.74) is 0.419. The van der Waals surface area contributed by atoms with Gasteiger partial charge in [0.2, 0.25) is 5.91 Å². The fraction of sp³-hybridized carbons (Fsp3) is 0.526. The molecule has 1 saturated heterocycles. The van der Waals surface area contributed by atoms with Crippen molar-refractivity contribution < 1.29 is 23.9 Å². The molecule has 1 fully saturated rings. The van der Waals surface area contributed by atoms with Crippen molar-refractivity contribution in [2.45, 2.75) is 26.2 Å². The van der Waals surface area contributed by atoms with Crippen LogP contribution in [-0.4, -0.2) is 56.0 Å². The zero-order chi connectivity index (χ0) is 19.8. The Balaban J connectivity index is 1.84. The molecule has 2 amide bonds. The number of hydrogen-bond donors (Lipinski definition) is 1. The zero-order valence-electron chi connectivity index (χ0n) is 15.6. The third-order valence-corrected chi connectivity index (χ3v) is 4.71. The van der Waals surface area contributed by atoms with Crippen molar-refractivity contribution in [2.24, 2.45) is 5.92 Å². The Morgan fingerprint density at radius 1 is 1.26 bits per heavy atom. The third-order valence-electron chi connectivity index (χ3n) is 4.48.